The molecule has 0 saturated carbocycles. The van der Waals surface area contributed by atoms with Crippen molar-refractivity contribution in [3.05, 3.63) is 90.6 Å². The standard InChI is InChI=1S/C29H26N6O3S2/c1-38-23-10-7-21(8-11-23)26-27(35-17-18-39-29(35)34-26)25-13-16-31-28(33-25)30-14-4-15-32-40(36,37)24-12-9-20-5-2-3-6-22(20)19-24/h2-3,5-13,16-19,32H,4,14-15H2,1H3,(H,30,31,33). The van der Waals surface area contributed by atoms with Gasteiger partial charge in [-0.1, -0.05) is 30.3 Å². The van der Waals surface area contributed by atoms with Crippen molar-refractivity contribution in [3.63, 3.8) is 0 Å². The zero-order valence-corrected chi connectivity index (χ0v) is 23.2. The molecule has 0 amide bonds. The van der Waals surface area contributed by atoms with Gasteiger partial charge in [0.1, 0.15) is 11.4 Å². The van der Waals surface area contributed by atoms with Crippen molar-refractivity contribution < 1.29 is 13.2 Å². The van der Waals surface area contributed by atoms with E-state index in [2.05, 4.69) is 15.0 Å². The second-order valence-corrected chi connectivity index (χ2v) is 11.7. The molecule has 11 heteroatoms. The van der Waals surface area contributed by atoms with Gasteiger partial charge in [-0.05, 0) is 59.7 Å². The minimum Gasteiger partial charge on any atom is -0.497 e. The van der Waals surface area contributed by atoms with Crippen LogP contribution in [0, 0.1) is 0 Å². The lowest BCUT2D eigenvalue weighted by molar-refractivity contribution is 0.415. The van der Waals surface area contributed by atoms with Crippen LogP contribution in [0.5, 0.6) is 5.75 Å². The predicted octanol–water partition coefficient (Wildman–Crippen LogP) is 5.46. The summed E-state index contributed by atoms with van der Waals surface area (Å²) in [7, 11) is -1.97. The zero-order valence-electron chi connectivity index (χ0n) is 21.6. The number of imidazole rings is 1. The van der Waals surface area contributed by atoms with Crippen LogP contribution in [-0.4, -0.2) is 48.0 Å². The molecule has 40 heavy (non-hydrogen) atoms. The second-order valence-electron chi connectivity index (χ2n) is 9.05. The van der Waals surface area contributed by atoms with E-state index in [4.69, 9.17) is 14.7 Å². The van der Waals surface area contributed by atoms with E-state index in [1.54, 1.807) is 36.8 Å². The lowest BCUT2D eigenvalue weighted by Crippen LogP contribution is -2.26. The van der Waals surface area contributed by atoms with Crippen LogP contribution in [-0.2, 0) is 10.0 Å². The average molecular weight is 571 g/mol. The van der Waals surface area contributed by atoms with Crippen LogP contribution >= 0.6 is 11.3 Å². The number of hydrogen-bond acceptors (Lipinski definition) is 8. The SMILES string of the molecule is COc1ccc(-c2nc3sccn3c2-c2ccnc(NCCCNS(=O)(=O)c3ccc4ccccc4c3)n2)cc1. The van der Waals surface area contributed by atoms with Crippen molar-refractivity contribution in [2.24, 2.45) is 0 Å². The van der Waals surface area contributed by atoms with Crippen LogP contribution in [0.15, 0.2) is 95.5 Å². The molecule has 0 saturated heterocycles. The Morgan fingerprint density at radius 3 is 2.60 bits per heavy atom. The van der Waals surface area contributed by atoms with Crippen LogP contribution in [0.2, 0.25) is 0 Å². The molecule has 3 aromatic carbocycles. The van der Waals surface area contributed by atoms with Gasteiger partial charge in [0, 0.05) is 36.4 Å². The molecule has 6 aromatic rings. The van der Waals surface area contributed by atoms with E-state index >= 15 is 0 Å². The summed E-state index contributed by atoms with van der Waals surface area (Å²) in [5.41, 5.74) is 3.38. The third kappa shape index (κ3) is 5.26. The highest BCUT2D eigenvalue weighted by atomic mass is 32.2. The first-order valence-corrected chi connectivity index (χ1v) is 15.0. The third-order valence-electron chi connectivity index (χ3n) is 6.48. The van der Waals surface area contributed by atoms with E-state index in [-0.39, 0.29) is 11.4 Å². The maximum absolute atomic E-state index is 12.8. The molecule has 3 heterocycles. The third-order valence-corrected chi connectivity index (χ3v) is 8.70. The molecule has 0 spiro atoms. The summed E-state index contributed by atoms with van der Waals surface area (Å²) in [5.74, 6) is 1.24. The van der Waals surface area contributed by atoms with Gasteiger partial charge >= 0.3 is 0 Å². The number of hydrogen-bond donors (Lipinski definition) is 2. The number of aromatic nitrogens is 4. The number of benzene rings is 3. The zero-order chi connectivity index (χ0) is 27.5. The summed E-state index contributed by atoms with van der Waals surface area (Å²) in [5, 5.41) is 7.09. The summed E-state index contributed by atoms with van der Waals surface area (Å²) in [4.78, 5) is 15.1. The van der Waals surface area contributed by atoms with Crippen LogP contribution < -0.4 is 14.8 Å². The monoisotopic (exact) mass is 570 g/mol. The fourth-order valence-electron chi connectivity index (χ4n) is 4.47. The molecule has 0 aliphatic heterocycles. The molecular weight excluding hydrogens is 544 g/mol. The Bertz CT molecular complexity index is 1900. The molecule has 3 aromatic heterocycles. The first-order valence-electron chi connectivity index (χ1n) is 12.7. The fourth-order valence-corrected chi connectivity index (χ4v) is 6.29. The normalized spacial score (nSPS) is 11.7. The van der Waals surface area contributed by atoms with Crippen molar-refractivity contribution in [1.82, 2.24) is 24.1 Å². The van der Waals surface area contributed by atoms with E-state index in [9.17, 15) is 8.42 Å². The highest BCUT2D eigenvalue weighted by molar-refractivity contribution is 7.89. The number of fused-ring (bicyclic) bond motifs is 2. The van der Waals surface area contributed by atoms with Gasteiger partial charge in [-0.25, -0.2) is 28.1 Å². The lowest BCUT2D eigenvalue weighted by atomic mass is 10.1. The Balaban J connectivity index is 1.13. The molecule has 2 N–H and O–H groups in total. The smallest absolute Gasteiger partial charge is 0.240 e. The van der Waals surface area contributed by atoms with Crippen LogP contribution in [0.4, 0.5) is 5.95 Å². The number of nitrogens with zero attached hydrogens (tertiary/aromatic N) is 4. The lowest BCUT2D eigenvalue weighted by Gasteiger charge is -2.10. The maximum Gasteiger partial charge on any atom is 0.240 e. The van der Waals surface area contributed by atoms with E-state index < -0.39 is 10.0 Å². The average Bonchev–Trinajstić information content (AvgIpc) is 3.59. The molecule has 0 bridgehead atoms. The molecule has 202 valence electrons. The van der Waals surface area contributed by atoms with E-state index in [0.717, 1.165) is 44.1 Å². The molecule has 0 radical (unpaired) electrons. The number of nitrogens with one attached hydrogen (secondary N) is 2. The molecule has 0 aliphatic rings. The van der Waals surface area contributed by atoms with Gasteiger partial charge in [0.25, 0.3) is 0 Å². The summed E-state index contributed by atoms with van der Waals surface area (Å²) >= 11 is 1.56. The number of rotatable bonds is 10. The van der Waals surface area contributed by atoms with Gasteiger partial charge in [-0.15, -0.1) is 11.3 Å². The molecular formula is C29H26N6O3S2. The van der Waals surface area contributed by atoms with Gasteiger partial charge in [0.2, 0.25) is 16.0 Å². The molecule has 6 rings (SSSR count). The van der Waals surface area contributed by atoms with E-state index in [1.807, 2.05) is 76.6 Å². The number of sulfonamides is 1. The summed E-state index contributed by atoms with van der Waals surface area (Å²) in [6.07, 6.45) is 4.24. The van der Waals surface area contributed by atoms with Crippen LogP contribution in [0.1, 0.15) is 6.42 Å². The Kier molecular flexibility index (Phi) is 7.16. The van der Waals surface area contributed by atoms with Gasteiger partial charge in [0.15, 0.2) is 4.96 Å². The van der Waals surface area contributed by atoms with Crippen molar-refractivity contribution in [2.75, 3.05) is 25.5 Å². The number of thiazole rings is 1. The quantitative estimate of drug-likeness (QED) is 0.210. The molecule has 0 unspecified atom stereocenters. The van der Waals surface area contributed by atoms with Gasteiger partial charge in [-0.3, -0.25) is 4.40 Å². The Morgan fingerprint density at radius 1 is 0.950 bits per heavy atom. The van der Waals surface area contributed by atoms with Crippen molar-refractivity contribution in [3.8, 4) is 28.4 Å². The van der Waals surface area contributed by atoms with Crippen molar-refractivity contribution in [2.45, 2.75) is 11.3 Å². The maximum atomic E-state index is 12.8. The summed E-state index contributed by atoms with van der Waals surface area (Å²) < 4.78 is 35.6. The fraction of sp³-hybridized carbons (Fsp3) is 0.138. The topological polar surface area (TPSA) is 111 Å². The molecule has 0 atom stereocenters. The minimum absolute atomic E-state index is 0.253. The van der Waals surface area contributed by atoms with E-state index in [0.29, 0.717) is 18.9 Å². The Morgan fingerprint density at radius 2 is 1.77 bits per heavy atom. The van der Waals surface area contributed by atoms with Crippen molar-refractivity contribution in [1.29, 1.82) is 0 Å². The molecule has 0 aliphatic carbocycles. The van der Waals surface area contributed by atoms with Crippen LogP contribution in [0.3, 0.4) is 0 Å². The highest BCUT2D eigenvalue weighted by Gasteiger charge is 2.19. The summed E-state index contributed by atoms with van der Waals surface area (Å²) in [6.45, 7) is 0.775. The van der Waals surface area contributed by atoms with Gasteiger partial charge < -0.3 is 10.1 Å². The summed E-state index contributed by atoms with van der Waals surface area (Å²) in [6, 6.07) is 22.5. The van der Waals surface area contributed by atoms with Crippen LogP contribution in [0.25, 0.3) is 38.4 Å². The number of methoxy groups -OCH3 is 1. The molecule has 0 fully saturated rings. The Hall–Kier alpha value is -4.32. The first kappa shape index (κ1) is 25.9. The predicted molar refractivity (Wildman–Crippen MR) is 158 cm³/mol. The second kappa shape index (κ2) is 11.0. The number of ether oxygens (including phenoxy) is 1. The number of anilines is 1. The van der Waals surface area contributed by atoms with Crippen molar-refractivity contribution >= 4 is 43.0 Å². The van der Waals surface area contributed by atoms with Gasteiger partial charge in [0.05, 0.1) is 23.4 Å². The van der Waals surface area contributed by atoms with E-state index in [1.165, 1.54) is 0 Å². The largest absolute Gasteiger partial charge is 0.497 e. The van der Waals surface area contributed by atoms with Gasteiger partial charge in [-0.2, -0.15) is 0 Å². The highest BCUT2D eigenvalue weighted by Crippen LogP contribution is 2.34. The molecule has 9 nitrogen and oxygen atoms in total. The Labute approximate surface area is 235 Å². The first-order chi connectivity index (χ1) is 19.5. The minimum atomic E-state index is -3.61.